The number of hydrogen-bond donors (Lipinski definition) is 1. The van der Waals surface area contributed by atoms with Crippen molar-refractivity contribution in [3.63, 3.8) is 0 Å². The number of non-ortho nitro benzene ring substituents is 1. The minimum atomic E-state index is -0.470. The fraction of sp³-hybridized carbons (Fsp3) is 0.188. The third kappa shape index (κ3) is 3.37. The van der Waals surface area contributed by atoms with Crippen molar-refractivity contribution in [2.45, 2.75) is 13.8 Å². The molecule has 26 heavy (non-hydrogen) atoms. The van der Waals surface area contributed by atoms with Gasteiger partial charge in [0.2, 0.25) is 0 Å². The number of halogens is 1. The number of carbonyl (C=O) groups is 1. The molecule has 0 saturated heterocycles. The molecule has 0 aliphatic heterocycles. The first kappa shape index (κ1) is 18.2. The molecule has 0 radical (unpaired) electrons. The van der Waals surface area contributed by atoms with E-state index in [1.807, 2.05) is 0 Å². The summed E-state index contributed by atoms with van der Waals surface area (Å²) in [6, 6.07) is 4.40. The third-order valence-electron chi connectivity index (χ3n) is 3.60. The van der Waals surface area contributed by atoms with Gasteiger partial charge in [-0.05, 0) is 41.4 Å². The average molecular weight is 437 g/mol. The van der Waals surface area contributed by atoms with Crippen LogP contribution >= 0.6 is 27.3 Å². The summed E-state index contributed by atoms with van der Waals surface area (Å²) in [4.78, 5) is 32.2. The average Bonchev–Trinajstić information content (AvgIpc) is 2.95. The normalized spacial score (nSPS) is 10.7. The lowest BCUT2D eigenvalue weighted by Gasteiger charge is -2.09. The Labute approximate surface area is 160 Å². The second kappa shape index (κ2) is 7.34. The van der Waals surface area contributed by atoms with Gasteiger partial charge < -0.3 is 10.1 Å². The van der Waals surface area contributed by atoms with Crippen LogP contribution in [0.5, 0.6) is 0 Å². The van der Waals surface area contributed by atoms with E-state index in [-0.39, 0.29) is 12.3 Å². The zero-order chi connectivity index (χ0) is 18.8. The van der Waals surface area contributed by atoms with E-state index in [0.29, 0.717) is 36.6 Å². The van der Waals surface area contributed by atoms with Crippen LogP contribution in [0.25, 0.3) is 10.2 Å². The first-order chi connectivity index (χ1) is 12.4. The first-order valence-corrected chi connectivity index (χ1v) is 9.15. The van der Waals surface area contributed by atoms with Crippen molar-refractivity contribution in [3.8, 4) is 0 Å². The minimum absolute atomic E-state index is 0.0461. The standard InChI is InChI=1S/C16H13BrN4O4S/c1-3-25-16(22)13-8(2)12-14(18-7-19-15(12)26-13)20-11-6-9(21(23)24)4-5-10(11)17/h4-7H,3H2,1-2H3,(H,18,19,20). The van der Waals surface area contributed by atoms with Gasteiger partial charge >= 0.3 is 5.97 Å². The fourth-order valence-electron chi connectivity index (χ4n) is 2.41. The Morgan fingerprint density at radius 2 is 2.19 bits per heavy atom. The summed E-state index contributed by atoms with van der Waals surface area (Å²) >= 11 is 4.59. The molecule has 0 atom stereocenters. The predicted molar refractivity (Wildman–Crippen MR) is 102 cm³/mol. The summed E-state index contributed by atoms with van der Waals surface area (Å²) in [5.74, 6) is 0.0518. The number of carbonyl (C=O) groups excluding carboxylic acids is 1. The number of anilines is 2. The van der Waals surface area contributed by atoms with Crippen molar-refractivity contribution < 1.29 is 14.5 Å². The van der Waals surface area contributed by atoms with E-state index < -0.39 is 10.9 Å². The van der Waals surface area contributed by atoms with Gasteiger partial charge in [0.05, 0.1) is 22.6 Å². The third-order valence-corrected chi connectivity index (χ3v) is 5.47. The maximum absolute atomic E-state index is 12.1. The molecule has 0 aliphatic rings. The van der Waals surface area contributed by atoms with Crippen molar-refractivity contribution in [1.82, 2.24) is 9.97 Å². The van der Waals surface area contributed by atoms with Crippen LogP contribution in [-0.2, 0) is 4.74 Å². The Balaban J connectivity index is 2.08. The Morgan fingerprint density at radius 1 is 1.42 bits per heavy atom. The van der Waals surface area contributed by atoms with Gasteiger partial charge in [0.1, 0.15) is 21.9 Å². The van der Waals surface area contributed by atoms with Gasteiger partial charge in [0, 0.05) is 16.6 Å². The van der Waals surface area contributed by atoms with Crippen LogP contribution in [0.1, 0.15) is 22.2 Å². The highest BCUT2D eigenvalue weighted by Crippen LogP contribution is 2.36. The number of aryl methyl sites for hydroxylation is 1. The molecule has 10 heteroatoms. The minimum Gasteiger partial charge on any atom is -0.462 e. The van der Waals surface area contributed by atoms with Crippen molar-refractivity contribution in [2.24, 2.45) is 0 Å². The van der Waals surface area contributed by atoms with Crippen LogP contribution in [0.4, 0.5) is 17.2 Å². The number of thiophene rings is 1. The molecule has 0 aliphatic carbocycles. The largest absolute Gasteiger partial charge is 0.462 e. The molecule has 2 heterocycles. The maximum atomic E-state index is 12.1. The van der Waals surface area contributed by atoms with E-state index in [0.717, 1.165) is 0 Å². The molecular weight excluding hydrogens is 424 g/mol. The molecule has 0 amide bonds. The molecule has 0 unspecified atom stereocenters. The topological polar surface area (TPSA) is 107 Å². The van der Waals surface area contributed by atoms with Gasteiger partial charge in [-0.25, -0.2) is 14.8 Å². The number of nitrogens with one attached hydrogen (secondary N) is 1. The molecule has 2 aromatic heterocycles. The van der Waals surface area contributed by atoms with Crippen molar-refractivity contribution in [1.29, 1.82) is 0 Å². The Morgan fingerprint density at radius 3 is 2.88 bits per heavy atom. The van der Waals surface area contributed by atoms with E-state index in [4.69, 9.17) is 4.74 Å². The summed E-state index contributed by atoms with van der Waals surface area (Å²) in [5, 5.41) is 14.8. The van der Waals surface area contributed by atoms with E-state index in [1.165, 1.54) is 29.8 Å². The van der Waals surface area contributed by atoms with Crippen molar-refractivity contribution >= 4 is 60.6 Å². The van der Waals surface area contributed by atoms with E-state index >= 15 is 0 Å². The van der Waals surface area contributed by atoms with E-state index in [9.17, 15) is 14.9 Å². The van der Waals surface area contributed by atoms with Gasteiger partial charge in [0.25, 0.3) is 5.69 Å². The molecule has 1 aromatic carbocycles. The summed E-state index contributed by atoms with van der Waals surface area (Å²) in [7, 11) is 0. The predicted octanol–water partition coefficient (Wildman–Crippen LogP) is 4.59. The van der Waals surface area contributed by atoms with Crippen LogP contribution in [-0.4, -0.2) is 27.5 Å². The zero-order valence-corrected chi connectivity index (χ0v) is 16.2. The molecule has 3 aromatic rings. The number of hydrogen-bond acceptors (Lipinski definition) is 8. The second-order valence-corrected chi connectivity index (χ2v) is 7.08. The van der Waals surface area contributed by atoms with Gasteiger partial charge in [-0.3, -0.25) is 10.1 Å². The number of nitro benzene ring substituents is 1. The molecule has 134 valence electrons. The smallest absolute Gasteiger partial charge is 0.348 e. The SMILES string of the molecule is CCOC(=O)c1sc2ncnc(Nc3cc([N+](=O)[O-])ccc3Br)c2c1C. The van der Waals surface area contributed by atoms with Gasteiger partial charge in [0.15, 0.2) is 0 Å². The summed E-state index contributed by atoms with van der Waals surface area (Å²) in [6.07, 6.45) is 1.38. The van der Waals surface area contributed by atoms with E-state index in [2.05, 4.69) is 31.2 Å². The Bertz CT molecular complexity index is 1020. The molecule has 0 fully saturated rings. The summed E-state index contributed by atoms with van der Waals surface area (Å²) in [5.41, 5.74) is 1.14. The van der Waals surface area contributed by atoms with Gasteiger partial charge in [-0.1, -0.05) is 0 Å². The quantitative estimate of drug-likeness (QED) is 0.353. The molecule has 0 spiro atoms. The number of nitrogens with zero attached hydrogens (tertiary/aromatic N) is 3. The molecule has 0 saturated carbocycles. The molecule has 8 nitrogen and oxygen atoms in total. The van der Waals surface area contributed by atoms with Crippen molar-refractivity contribution in [3.05, 3.63) is 49.6 Å². The van der Waals surface area contributed by atoms with Crippen molar-refractivity contribution in [2.75, 3.05) is 11.9 Å². The summed E-state index contributed by atoms with van der Waals surface area (Å²) in [6.45, 7) is 3.82. The van der Waals surface area contributed by atoms with Crippen LogP contribution < -0.4 is 5.32 Å². The number of rotatable bonds is 5. The summed E-state index contributed by atoms with van der Waals surface area (Å²) < 4.78 is 5.72. The molecule has 3 rings (SSSR count). The van der Waals surface area contributed by atoms with Gasteiger partial charge in [-0.2, -0.15) is 0 Å². The Hall–Kier alpha value is -2.59. The highest BCUT2D eigenvalue weighted by atomic mass is 79.9. The lowest BCUT2D eigenvalue weighted by Crippen LogP contribution is -2.03. The molecule has 0 bridgehead atoms. The van der Waals surface area contributed by atoms with Crippen LogP contribution in [0.15, 0.2) is 29.0 Å². The van der Waals surface area contributed by atoms with Crippen LogP contribution in [0.3, 0.4) is 0 Å². The van der Waals surface area contributed by atoms with Crippen LogP contribution in [0.2, 0.25) is 0 Å². The number of esters is 1. The zero-order valence-electron chi connectivity index (χ0n) is 13.8. The molecular formula is C16H13BrN4O4S. The monoisotopic (exact) mass is 436 g/mol. The van der Waals surface area contributed by atoms with Crippen LogP contribution in [0, 0.1) is 17.0 Å². The molecule has 1 N–H and O–H groups in total. The number of aromatic nitrogens is 2. The second-order valence-electron chi connectivity index (χ2n) is 5.23. The number of benzene rings is 1. The number of fused-ring (bicyclic) bond motifs is 1. The fourth-order valence-corrected chi connectivity index (χ4v) is 3.80. The number of nitro groups is 1. The Kier molecular flexibility index (Phi) is 5.14. The highest BCUT2D eigenvalue weighted by molar-refractivity contribution is 9.10. The maximum Gasteiger partial charge on any atom is 0.348 e. The lowest BCUT2D eigenvalue weighted by molar-refractivity contribution is -0.384. The number of ether oxygens (including phenoxy) is 1. The van der Waals surface area contributed by atoms with Gasteiger partial charge in [-0.15, -0.1) is 11.3 Å². The first-order valence-electron chi connectivity index (χ1n) is 7.54. The highest BCUT2D eigenvalue weighted by Gasteiger charge is 2.21. The van der Waals surface area contributed by atoms with E-state index in [1.54, 1.807) is 19.9 Å². The lowest BCUT2D eigenvalue weighted by atomic mass is 10.2.